The summed E-state index contributed by atoms with van der Waals surface area (Å²) in [4.78, 5) is 11.7. The lowest BCUT2D eigenvalue weighted by Crippen LogP contribution is -2.08. The van der Waals surface area contributed by atoms with Crippen molar-refractivity contribution >= 4 is 11.7 Å². The summed E-state index contributed by atoms with van der Waals surface area (Å²) >= 11 is 0. The third-order valence-corrected chi connectivity index (χ3v) is 2.40. The van der Waals surface area contributed by atoms with Gasteiger partial charge in [0, 0.05) is 0 Å². The van der Waals surface area contributed by atoms with Crippen LogP contribution in [0.5, 0.6) is 5.75 Å². The second kappa shape index (κ2) is 6.13. The molecule has 0 unspecified atom stereocenters. The van der Waals surface area contributed by atoms with Crippen molar-refractivity contribution in [3.8, 4) is 5.75 Å². The van der Waals surface area contributed by atoms with Crippen molar-refractivity contribution in [3.63, 3.8) is 0 Å². The van der Waals surface area contributed by atoms with Crippen LogP contribution in [0.4, 0.5) is 5.69 Å². The van der Waals surface area contributed by atoms with Gasteiger partial charge in [0.15, 0.2) is 0 Å². The van der Waals surface area contributed by atoms with E-state index < -0.39 is 0 Å². The van der Waals surface area contributed by atoms with Gasteiger partial charge in [0.2, 0.25) is 0 Å². The number of carbonyl (C=O) groups excluding carboxylic acids is 1. The zero-order valence-corrected chi connectivity index (χ0v) is 10.5. The van der Waals surface area contributed by atoms with E-state index in [-0.39, 0.29) is 5.97 Å². The number of nitrogen functional groups attached to an aromatic ring is 1. The number of rotatable bonds is 5. The van der Waals surface area contributed by atoms with Gasteiger partial charge in [-0.3, -0.25) is 0 Å². The van der Waals surface area contributed by atoms with Crippen molar-refractivity contribution in [3.05, 3.63) is 23.8 Å². The van der Waals surface area contributed by atoms with Gasteiger partial charge < -0.3 is 15.2 Å². The van der Waals surface area contributed by atoms with Crippen molar-refractivity contribution in [1.82, 2.24) is 0 Å². The number of hydrogen-bond donors (Lipinski definition) is 1. The Morgan fingerprint density at radius 3 is 2.71 bits per heavy atom. The monoisotopic (exact) mass is 237 g/mol. The molecule has 1 aromatic rings. The highest BCUT2D eigenvalue weighted by Crippen LogP contribution is 2.22. The van der Waals surface area contributed by atoms with E-state index in [0.717, 1.165) is 6.42 Å². The number of ether oxygens (including phenoxy) is 2. The minimum atomic E-state index is -0.344. The number of methoxy groups -OCH3 is 1. The molecule has 17 heavy (non-hydrogen) atoms. The highest BCUT2D eigenvalue weighted by Gasteiger charge is 2.10. The predicted molar refractivity (Wildman–Crippen MR) is 67.1 cm³/mol. The van der Waals surface area contributed by atoms with Gasteiger partial charge in [-0.1, -0.05) is 13.8 Å². The standard InChI is InChI=1S/C13H19NO3/c1-9(2)6-7-17-13(15)10-4-5-11(14)12(8-10)16-3/h4-5,8-9H,6-7,14H2,1-3H3. The zero-order valence-electron chi connectivity index (χ0n) is 10.5. The van der Waals surface area contributed by atoms with Crippen LogP contribution in [0.2, 0.25) is 0 Å². The van der Waals surface area contributed by atoms with E-state index >= 15 is 0 Å². The number of esters is 1. The van der Waals surface area contributed by atoms with Crippen molar-refractivity contribution in [2.24, 2.45) is 5.92 Å². The first-order valence-corrected chi connectivity index (χ1v) is 5.65. The zero-order chi connectivity index (χ0) is 12.8. The molecule has 0 fully saturated rings. The minimum absolute atomic E-state index is 0.344. The predicted octanol–water partition coefficient (Wildman–Crippen LogP) is 2.48. The molecule has 0 aromatic heterocycles. The fourth-order valence-electron chi connectivity index (χ4n) is 1.31. The average molecular weight is 237 g/mol. The summed E-state index contributed by atoms with van der Waals surface area (Å²) in [5.41, 5.74) is 6.63. The van der Waals surface area contributed by atoms with E-state index in [1.807, 2.05) is 0 Å². The molecule has 1 rings (SSSR count). The van der Waals surface area contributed by atoms with E-state index in [0.29, 0.717) is 29.5 Å². The summed E-state index contributed by atoms with van der Waals surface area (Å²) in [7, 11) is 1.51. The molecule has 0 atom stereocenters. The molecule has 0 saturated heterocycles. The molecule has 0 heterocycles. The molecule has 4 nitrogen and oxygen atoms in total. The molecule has 0 bridgehead atoms. The van der Waals surface area contributed by atoms with Crippen LogP contribution in [0, 0.1) is 5.92 Å². The Balaban J connectivity index is 2.63. The summed E-state index contributed by atoms with van der Waals surface area (Å²) in [5.74, 6) is 0.663. The molecule has 1 aromatic carbocycles. The van der Waals surface area contributed by atoms with Gasteiger partial charge in [-0.05, 0) is 30.5 Å². The second-order valence-electron chi connectivity index (χ2n) is 4.28. The Bertz CT molecular complexity index is 388. The highest BCUT2D eigenvalue weighted by molar-refractivity contribution is 5.90. The molecule has 0 spiro atoms. The first-order chi connectivity index (χ1) is 8.04. The topological polar surface area (TPSA) is 61.5 Å². The van der Waals surface area contributed by atoms with Gasteiger partial charge in [0.05, 0.1) is 25.0 Å². The van der Waals surface area contributed by atoms with Crippen molar-refractivity contribution in [2.75, 3.05) is 19.5 Å². The number of benzene rings is 1. The van der Waals surface area contributed by atoms with Gasteiger partial charge >= 0.3 is 5.97 Å². The molecular formula is C13H19NO3. The Morgan fingerprint density at radius 1 is 1.41 bits per heavy atom. The van der Waals surface area contributed by atoms with Crippen LogP contribution in [0.1, 0.15) is 30.6 Å². The Kier molecular flexibility index (Phi) is 4.82. The normalized spacial score (nSPS) is 10.4. The SMILES string of the molecule is COc1cc(C(=O)OCCC(C)C)ccc1N. The van der Waals surface area contributed by atoms with Crippen molar-refractivity contribution < 1.29 is 14.3 Å². The fourth-order valence-corrected chi connectivity index (χ4v) is 1.31. The first-order valence-electron chi connectivity index (χ1n) is 5.65. The van der Waals surface area contributed by atoms with E-state index in [1.54, 1.807) is 18.2 Å². The maximum Gasteiger partial charge on any atom is 0.338 e. The van der Waals surface area contributed by atoms with Crippen LogP contribution < -0.4 is 10.5 Å². The van der Waals surface area contributed by atoms with Gasteiger partial charge in [-0.2, -0.15) is 0 Å². The largest absolute Gasteiger partial charge is 0.495 e. The third kappa shape index (κ3) is 3.98. The summed E-state index contributed by atoms with van der Waals surface area (Å²) in [5, 5.41) is 0. The van der Waals surface area contributed by atoms with Gasteiger partial charge in [-0.25, -0.2) is 4.79 Å². The molecule has 4 heteroatoms. The lowest BCUT2D eigenvalue weighted by atomic mass is 10.1. The Morgan fingerprint density at radius 2 is 2.12 bits per heavy atom. The van der Waals surface area contributed by atoms with Crippen molar-refractivity contribution in [2.45, 2.75) is 20.3 Å². The lowest BCUT2D eigenvalue weighted by molar-refractivity contribution is 0.0488. The number of hydrogen-bond acceptors (Lipinski definition) is 4. The second-order valence-corrected chi connectivity index (χ2v) is 4.28. The maximum atomic E-state index is 11.7. The van der Waals surface area contributed by atoms with Crippen LogP contribution in [0.3, 0.4) is 0 Å². The molecule has 0 saturated carbocycles. The quantitative estimate of drug-likeness (QED) is 0.631. The highest BCUT2D eigenvalue weighted by atomic mass is 16.5. The summed E-state index contributed by atoms with van der Waals surface area (Å²) in [6.45, 7) is 4.60. The van der Waals surface area contributed by atoms with Crippen LogP contribution in [-0.2, 0) is 4.74 Å². The Hall–Kier alpha value is -1.71. The molecule has 0 amide bonds. The van der Waals surface area contributed by atoms with Crippen LogP contribution >= 0.6 is 0 Å². The maximum absolute atomic E-state index is 11.7. The van der Waals surface area contributed by atoms with E-state index in [9.17, 15) is 4.79 Å². The summed E-state index contributed by atoms with van der Waals surface area (Å²) in [6, 6.07) is 4.86. The molecule has 0 aliphatic rings. The van der Waals surface area contributed by atoms with Crippen LogP contribution in [0.15, 0.2) is 18.2 Å². The molecule has 0 aliphatic heterocycles. The van der Waals surface area contributed by atoms with Gasteiger partial charge in [-0.15, -0.1) is 0 Å². The molecule has 0 radical (unpaired) electrons. The Labute approximate surface area is 102 Å². The average Bonchev–Trinajstić information content (AvgIpc) is 2.29. The van der Waals surface area contributed by atoms with Crippen LogP contribution in [-0.4, -0.2) is 19.7 Å². The first kappa shape index (κ1) is 13.4. The molecule has 2 N–H and O–H groups in total. The molecule has 94 valence electrons. The summed E-state index contributed by atoms with van der Waals surface area (Å²) in [6.07, 6.45) is 0.859. The molecule has 0 aliphatic carbocycles. The third-order valence-electron chi connectivity index (χ3n) is 2.40. The van der Waals surface area contributed by atoms with E-state index in [4.69, 9.17) is 15.2 Å². The van der Waals surface area contributed by atoms with E-state index in [2.05, 4.69) is 13.8 Å². The lowest BCUT2D eigenvalue weighted by Gasteiger charge is -2.09. The number of anilines is 1. The fraction of sp³-hybridized carbons (Fsp3) is 0.462. The molecular weight excluding hydrogens is 218 g/mol. The van der Waals surface area contributed by atoms with Gasteiger partial charge in [0.1, 0.15) is 5.75 Å². The van der Waals surface area contributed by atoms with Crippen LogP contribution in [0.25, 0.3) is 0 Å². The number of carbonyl (C=O) groups is 1. The smallest absolute Gasteiger partial charge is 0.338 e. The summed E-state index contributed by atoms with van der Waals surface area (Å²) < 4.78 is 10.2. The van der Waals surface area contributed by atoms with Gasteiger partial charge in [0.25, 0.3) is 0 Å². The van der Waals surface area contributed by atoms with Crippen molar-refractivity contribution in [1.29, 1.82) is 0 Å². The number of nitrogens with two attached hydrogens (primary N) is 1. The minimum Gasteiger partial charge on any atom is -0.495 e. The van der Waals surface area contributed by atoms with E-state index in [1.165, 1.54) is 7.11 Å².